The molecule has 0 aliphatic carbocycles. The fourth-order valence-electron chi connectivity index (χ4n) is 2.20. The Morgan fingerprint density at radius 2 is 1.85 bits per heavy atom. The fourth-order valence-corrected chi connectivity index (χ4v) is 2.20. The number of rotatable bonds is 6. The van der Waals surface area contributed by atoms with Crippen molar-refractivity contribution in [1.29, 1.82) is 0 Å². The molecule has 1 amide bonds. The highest BCUT2D eigenvalue weighted by Crippen LogP contribution is 2.19. The number of amides is 1. The van der Waals surface area contributed by atoms with E-state index in [0.29, 0.717) is 13.1 Å². The zero-order chi connectivity index (χ0) is 15.3. The summed E-state index contributed by atoms with van der Waals surface area (Å²) in [6, 6.07) is 3.16. The van der Waals surface area contributed by atoms with E-state index in [0.717, 1.165) is 6.07 Å². The minimum Gasteiger partial charge on any atom is -0.342 e. The van der Waals surface area contributed by atoms with Crippen molar-refractivity contribution in [2.45, 2.75) is 39.8 Å². The lowest BCUT2D eigenvalue weighted by molar-refractivity contribution is -0.132. The van der Waals surface area contributed by atoms with Crippen LogP contribution in [0.2, 0.25) is 0 Å². The second-order valence-electron chi connectivity index (χ2n) is 4.76. The molecule has 2 unspecified atom stereocenters. The van der Waals surface area contributed by atoms with Crippen LogP contribution in [-0.4, -0.2) is 29.9 Å². The number of halogens is 2. The Balaban J connectivity index is 2.77. The number of likely N-dealkylation sites (N-methyl/N-ethyl adjacent to an activating group) is 1. The molecule has 5 heteroatoms. The summed E-state index contributed by atoms with van der Waals surface area (Å²) >= 11 is 0. The van der Waals surface area contributed by atoms with Gasteiger partial charge in [0.05, 0.1) is 6.04 Å². The zero-order valence-corrected chi connectivity index (χ0v) is 12.4. The molecule has 3 nitrogen and oxygen atoms in total. The molecular weight excluding hydrogens is 262 g/mol. The highest BCUT2D eigenvalue weighted by molar-refractivity contribution is 5.81. The van der Waals surface area contributed by atoms with E-state index < -0.39 is 23.7 Å². The van der Waals surface area contributed by atoms with Crippen molar-refractivity contribution in [3.63, 3.8) is 0 Å². The third-order valence-electron chi connectivity index (χ3n) is 3.39. The van der Waals surface area contributed by atoms with Crippen LogP contribution in [0, 0.1) is 11.6 Å². The van der Waals surface area contributed by atoms with Crippen LogP contribution in [-0.2, 0) is 4.79 Å². The Hall–Kier alpha value is -1.49. The van der Waals surface area contributed by atoms with Gasteiger partial charge in [0.1, 0.15) is 0 Å². The van der Waals surface area contributed by atoms with Gasteiger partial charge in [-0.1, -0.05) is 12.1 Å². The average molecular weight is 284 g/mol. The standard InChI is InChI=1S/C15H22F2N2O/c1-5-19(6-2)15(20)11(4)18-10(3)12-8-7-9-13(16)14(12)17/h7-11,18H,5-6H2,1-4H3. The number of carbonyl (C=O) groups excluding carboxylic acids is 1. The summed E-state index contributed by atoms with van der Waals surface area (Å²) in [4.78, 5) is 13.8. The van der Waals surface area contributed by atoms with E-state index in [1.54, 1.807) is 18.7 Å². The van der Waals surface area contributed by atoms with E-state index in [4.69, 9.17) is 0 Å². The Kier molecular flexibility index (Phi) is 6.07. The molecule has 1 aromatic rings. The first kappa shape index (κ1) is 16.6. The molecule has 1 N–H and O–H groups in total. The number of nitrogens with one attached hydrogen (secondary N) is 1. The number of benzene rings is 1. The van der Waals surface area contributed by atoms with Crippen molar-refractivity contribution < 1.29 is 13.6 Å². The van der Waals surface area contributed by atoms with Crippen LogP contribution in [0.15, 0.2) is 18.2 Å². The van der Waals surface area contributed by atoms with Crippen molar-refractivity contribution in [3.8, 4) is 0 Å². The number of carbonyl (C=O) groups is 1. The lowest BCUT2D eigenvalue weighted by Gasteiger charge is -2.26. The largest absolute Gasteiger partial charge is 0.342 e. The monoisotopic (exact) mass is 284 g/mol. The summed E-state index contributed by atoms with van der Waals surface area (Å²) in [5.41, 5.74) is 0.226. The SMILES string of the molecule is CCN(CC)C(=O)C(C)NC(C)c1cccc(F)c1F. The molecule has 0 heterocycles. The lowest BCUT2D eigenvalue weighted by atomic mass is 10.1. The second kappa shape index (κ2) is 7.33. The highest BCUT2D eigenvalue weighted by atomic mass is 19.2. The molecule has 112 valence electrons. The molecular formula is C15H22F2N2O. The molecule has 0 aliphatic heterocycles. The quantitative estimate of drug-likeness (QED) is 0.871. The first-order valence-corrected chi connectivity index (χ1v) is 6.91. The smallest absolute Gasteiger partial charge is 0.239 e. The number of hydrogen-bond donors (Lipinski definition) is 1. The van der Waals surface area contributed by atoms with Crippen LogP contribution < -0.4 is 5.32 Å². The maximum Gasteiger partial charge on any atom is 0.239 e. The third-order valence-corrected chi connectivity index (χ3v) is 3.39. The van der Waals surface area contributed by atoms with Gasteiger partial charge >= 0.3 is 0 Å². The van der Waals surface area contributed by atoms with Crippen molar-refractivity contribution in [2.75, 3.05) is 13.1 Å². The normalized spacial score (nSPS) is 13.9. The van der Waals surface area contributed by atoms with Crippen LogP contribution in [0.4, 0.5) is 8.78 Å². The van der Waals surface area contributed by atoms with Gasteiger partial charge in [0.25, 0.3) is 0 Å². The summed E-state index contributed by atoms with van der Waals surface area (Å²) in [5.74, 6) is -1.78. The molecule has 2 atom stereocenters. The van der Waals surface area contributed by atoms with Gasteiger partial charge in [-0.25, -0.2) is 8.78 Å². The molecule has 0 saturated heterocycles. The highest BCUT2D eigenvalue weighted by Gasteiger charge is 2.22. The topological polar surface area (TPSA) is 32.3 Å². The molecule has 1 rings (SSSR count). The predicted octanol–water partition coefficient (Wildman–Crippen LogP) is 2.87. The number of hydrogen-bond acceptors (Lipinski definition) is 2. The average Bonchev–Trinajstić information content (AvgIpc) is 2.42. The summed E-state index contributed by atoms with van der Waals surface area (Å²) in [6.07, 6.45) is 0. The molecule has 0 bridgehead atoms. The van der Waals surface area contributed by atoms with E-state index in [1.807, 2.05) is 13.8 Å². The van der Waals surface area contributed by atoms with Crippen molar-refractivity contribution in [3.05, 3.63) is 35.4 Å². The van der Waals surface area contributed by atoms with Gasteiger partial charge < -0.3 is 4.90 Å². The maximum atomic E-state index is 13.7. The Morgan fingerprint density at radius 1 is 1.25 bits per heavy atom. The zero-order valence-electron chi connectivity index (χ0n) is 12.4. The van der Waals surface area contributed by atoms with E-state index in [9.17, 15) is 13.6 Å². The van der Waals surface area contributed by atoms with E-state index >= 15 is 0 Å². The molecule has 0 spiro atoms. The molecule has 0 aliphatic rings. The third kappa shape index (κ3) is 3.76. The minimum atomic E-state index is -0.876. The van der Waals surface area contributed by atoms with Crippen molar-refractivity contribution in [1.82, 2.24) is 10.2 Å². The molecule has 0 saturated carbocycles. The Labute approximate surface area is 119 Å². The van der Waals surface area contributed by atoms with Crippen LogP contribution >= 0.6 is 0 Å². The van der Waals surface area contributed by atoms with E-state index in [1.165, 1.54) is 12.1 Å². The van der Waals surface area contributed by atoms with Crippen LogP contribution in [0.25, 0.3) is 0 Å². The molecule has 0 fully saturated rings. The van der Waals surface area contributed by atoms with Crippen LogP contribution in [0.5, 0.6) is 0 Å². The molecule has 1 aromatic carbocycles. The molecule has 20 heavy (non-hydrogen) atoms. The van der Waals surface area contributed by atoms with Gasteiger partial charge in [-0.15, -0.1) is 0 Å². The van der Waals surface area contributed by atoms with Gasteiger partial charge in [0, 0.05) is 24.7 Å². The maximum absolute atomic E-state index is 13.7. The Bertz CT molecular complexity index is 461. The molecule has 0 radical (unpaired) electrons. The van der Waals surface area contributed by atoms with Gasteiger partial charge in [-0.05, 0) is 33.8 Å². The van der Waals surface area contributed by atoms with Gasteiger partial charge in [-0.3, -0.25) is 10.1 Å². The lowest BCUT2D eigenvalue weighted by Crippen LogP contribution is -2.45. The first-order chi connectivity index (χ1) is 9.42. The van der Waals surface area contributed by atoms with Gasteiger partial charge in [0.2, 0.25) is 5.91 Å². The summed E-state index contributed by atoms with van der Waals surface area (Å²) in [5, 5.41) is 3.02. The minimum absolute atomic E-state index is 0.0429. The molecule has 0 aromatic heterocycles. The number of nitrogens with zero attached hydrogens (tertiary/aromatic N) is 1. The first-order valence-electron chi connectivity index (χ1n) is 6.91. The summed E-state index contributed by atoms with van der Waals surface area (Å²) in [7, 11) is 0. The fraction of sp³-hybridized carbons (Fsp3) is 0.533. The van der Waals surface area contributed by atoms with Crippen LogP contribution in [0.1, 0.15) is 39.3 Å². The van der Waals surface area contributed by atoms with Crippen molar-refractivity contribution in [2.24, 2.45) is 0 Å². The summed E-state index contributed by atoms with van der Waals surface area (Å²) in [6.45, 7) is 8.51. The second-order valence-corrected chi connectivity index (χ2v) is 4.76. The predicted molar refractivity (Wildman–Crippen MR) is 75.3 cm³/mol. The Morgan fingerprint density at radius 3 is 2.40 bits per heavy atom. The van der Waals surface area contributed by atoms with Crippen molar-refractivity contribution >= 4 is 5.91 Å². The van der Waals surface area contributed by atoms with E-state index in [-0.39, 0.29) is 11.5 Å². The summed E-state index contributed by atoms with van der Waals surface area (Å²) < 4.78 is 26.9. The van der Waals surface area contributed by atoms with E-state index in [2.05, 4.69) is 5.32 Å². The van der Waals surface area contributed by atoms with Crippen LogP contribution in [0.3, 0.4) is 0 Å². The van der Waals surface area contributed by atoms with Gasteiger partial charge in [-0.2, -0.15) is 0 Å². The van der Waals surface area contributed by atoms with Gasteiger partial charge in [0.15, 0.2) is 11.6 Å².